The zero-order valence-corrected chi connectivity index (χ0v) is 11.0. The lowest BCUT2D eigenvalue weighted by Crippen LogP contribution is -2.32. The monoisotopic (exact) mass is 237 g/mol. The van der Waals surface area contributed by atoms with Crippen LogP contribution in [0.1, 0.15) is 32.8 Å². The molecule has 0 radical (unpaired) electrons. The fourth-order valence-electron chi connectivity index (χ4n) is 2.13. The molecule has 0 aromatic heterocycles. The van der Waals surface area contributed by atoms with E-state index in [2.05, 4.69) is 38.2 Å². The van der Waals surface area contributed by atoms with Gasteiger partial charge in [-0.1, -0.05) is 37.6 Å². The molecule has 88 valence electrons. The van der Waals surface area contributed by atoms with Gasteiger partial charge in [0.05, 0.1) is 0 Å². The van der Waals surface area contributed by atoms with Gasteiger partial charge in [0, 0.05) is 17.1 Å². The Kier molecular flexibility index (Phi) is 3.27. The van der Waals surface area contributed by atoms with Crippen LogP contribution in [0.3, 0.4) is 0 Å². The van der Waals surface area contributed by atoms with E-state index in [9.17, 15) is 0 Å². The molecule has 1 aliphatic carbocycles. The predicted octanol–water partition coefficient (Wildman–Crippen LogP) is 3.66. The second kappa shape index (κ2) is 4.38. The van der Waals surface area contributed by atoms with Crippen LogP contribution < -0.4 is 5.32 Å². The minimum atomic E-state index is 0.508. The highest BCUT2D eigenvalue weighted by Gasteiger charge is 2.45. The summed E-state index contributed by atoms with van der Waals surface area (Å²) in [6.07, 6.45) is 2.38. The Morgan fingerprint density at radius 2 is 1.94 bits per heavy atom. The summed E-state index contributed by atoms with van der Waals surface area (Å²) in [6.45, 7) is 6.89. The van der Waals surface area contributed by atoms with Crippen LogP contribution in [-0.2, 0) is 6.42 Å². The summed E-state index contributed by atoms with van der Waals surface area (Å²) >= 11 is 5.86. The van der Waals surface area contributed by atoms with Crippen molar-refractivity contribution in [2.24, 2.45) is 5.41 Å². The normalized spacial score (nSPS) is 24.1. The van der Waals surface area contributed by atoms with Crippen molar-refractivity contribution in [3.8, 4) is 0 Å². The van der Waals surface area contributed by atoms with Crippen LogP contribution in [0.4, 0.5) is 0 Å². The molecule has 1 saturated carbocycles. The van der Waals surface area contributed by atoms with Crippen molar-refractivity contribution in [2.75, 3.05) is 0 Å². The molecule has 16 heavy (non-hydrogen) atoms. The minimum absolute atomic E-state index is 0.508. The van der Waals surface area contributed by atoms with Crippen LogP contribution in [-0.4, -0.2) is 12.1 Å². The van der Waals surface area contributed by atoms with E-state index in [1.54, 1.807) is 0 Å². The van der Waals surface area contributed by atoms with Gasteiger partial charge in [0.2, 0.25) is 0 Å². The van der Waals surface area contributed by atoms with Gasteiger partial charge in [-0.15, -0.1) is 0 Å². The van der Waals surface area contributed by atoms with Gasteiger partial charge >= 0.3 is 0 Å². The molecule has 1 N–H and O–H groups in total. The quantitative estimate of drug-likeness (QED) is 0.843. The fourth-order valence-corrected chi connectivity index (χ4v) is 2.25. The lowest BCUT2D eigenvalue weighted by Gasteiger charge is -2.15. The number of rotatable bonds is 4. The zero-order chi connectivity index (χ0) is 11.8. The van der Waals surface area contributed by atoms with Crippen molar-refractivity contribution in [3.63, 3.8) is 0 Å². The third-order valence-electron chi connectivity index (χ3n) is 3.45. The number of halogens is 1. The van der Waals surface area contributed by atoms with Crippen molar-refractivity contribution >= 4 is 11.6 Å². The Morgan fingerprint density at radius 1 is 1.38 bits per heavy atom. The number of hydrogen-bond acceptors (Lipinski definition) is 1. The van der Waals surface area contributed by atoms with E-state index < -0.39 is 0 Å². The van der Waals surface area contributed by atoms with Crippen LogP contribution in [0.15, 0.2) is 24.3 Å². The third-order valence-corrected chi connectivity index (χ3v) is 3.71. The van der Waals surface area contributed by atoms with Crippen molar-refractivity contribution in [3.05, 3.63) is 34.9 Å². The van der Waals surface area contributed by atoms with Crippen molar-refractivity contribution < 1.29 is 0 Å². The van der Waals surface area contributed by atoms with Gasteiger partial charge < -0.3 is 5.32 Å². The Balaban J connectivity index is 1.83. The van der Waals surface area contributed by atoms with Gasteiger partial charge in [-0.3, -0.25) is 0 Å². The molecule has 1 aliphatic rings. The van der Waals surface area contributed by atoms with E-state index in [4.69, 9.17) is 11.6 Å². The van der Waals surface area contributed by atoms with Crippen molar-refractivity contribution in [1.82, 2.24) is 5.32 Å². The van der Waals surface area contributed by atoms with E-state index in [1.807, 2.05) is 12.1 Å². The standard InChI is InChI=1S/C14H20ClN/c1-10(16-13-9-14(13,2)3)8-11-4-6-12(15)7-5-11/h4-7,10,13,16H,8-9H2,1-3H3. The lowest BCUT2D eigenvalue weighted by molar-refractivity contribution is 0.478. The van der Waals surface area contributed by atoms with Gasteiger partial charge in [0.25, 0.3) is 0 Å². The first kappa shape index (κ1) is 11.9. The number of benzene rings is 1. The molecule has 0 amide bonds. The smallest absolute Gasteiger partial charge is 0.0406 e. The van der Waals surface area contributed by atoms with E-state index >= 15 is 0 Å². The van der Waals surface area contributed by atoms with Crippen LogP contribution in [0.5, 0.6) is 0 Å². The molecule has 2 unspecified atom stereocenters. The molecule has 0 heterocycles. The molecule has 0 bridgehead atoms. The highest BCUT2D eigenvalue weighted by molar-refractivity contribution is 6.30. The summed E-state index contributed by atoms with van der Waals surface area (Å²) in [4.78, 5) is 0. The molecule has 1 nitrogen and oxygen atoms in total. The molecule has 0 spiro atoms. The van der Waals surface area contributed by atoms with Gasteiger partial charge in [-0.25, -0.2) is 0 Å². The van der Waals surface area contributed by atoms with Crippen LogP contribution in [0.2, 0.25) is 5.02 Å². The summed E-state index contributed by atoms with van der Waals surface area (Å²) < 4.78 is 0. The van der Waals surface area contributed by atoms with E-state index in [0.717, 1.165) is 11.4 Å². The van der Waals surface area contributed by atoms with Gasteiger partial charge in [0.15, 0.2) is 0 Å². The first-order chi connectivity index (χ1) is 7.47. The molecule has 0 aliphatic heterocycles. The van der Waals surface area contributed by atoms with E-state index in [1.165, 1.54) is 12.0 Å². The van der Waals surface area contributed by atoms with E-state index in [0.29, 0.717) is 17.5 Å². The maximum atomic E-state index is 5.86. The minimum Gasteiger partial charge on any atom is -0.311 e. The Labute approximate surface area is 103 Å². The number of nitrogens with one attached hydrogen (secondary N) is 1. The zero-order valence-electron chi connectivity index (χ0n) is 10.3. The van der Waals surface area contributed by atoms with E-state index in [-0.39, 0.29) is 0 Å². The van der Waals surface area contributed by atoms with Crippen LogP contribution >= 0.6 is 11.6 Å². The highest BCUT2D eigenvalue weighted by atomic mass is 35.5. The summed E-state index contributed by atoms with van der Waals surface area (Å²) in [6, 6.07) is 9.38. The molecule has 1 aromatic carbocycles. The highest BCUT2D eigenvalue weighted by Crippen LogP contribution is 2.44. The molecule has 1 fully saturated rings. The van der Waals surface area contributed by atoms with Crippen molar-refractivity contribution in [2.45, 2.75) is 45.7 Å². The largest absolute Gasteiger partial charge is 0.311 e. The Bertz CT molecular complexity index is 356. The first-order valence-electron chi connectivity index (χ1n) is 5.98. The summed E-state index contributed by atoms with van der Waals surface area (Å²) in [5, 5.41) is 4.49. The topological polar surface area (TPSA) is 12.0 Å². The van der Waals surface area contributed by atoms with Gasteiger partial charge in [-0.2, -0.15) is 0 Å². The molecule has 2 atom stereocenters. The molecular formula is C14H20ClN. The molecule has 2 heteroatoms. The van der Waals surface area contributed by atoms with Gasteiger partial charge in [0.1, 0.15) is 0 Å². The maximum absolute atomic E-state index is 5.86. The SMILES string of the molecule is CC(Cc1ccc(Cl)cc1)NC1CC1(C)C. The first-order valence-corrected chi connectivity index (χ1v) is 6.36. The lowest BCUT2D eigenvalue weighted by atomic mass is 10.1. The second-order valence-corrected chi connectivity index (χ2v) is 6.08. The van der Waals surface area contributed by atoms with Crippen molar-refractivity contribution in [1.29, 1.82) is 0 Å². The summed E-state index contributed by atoms with van der Waals surface area (Å²) in [5.41, 5.74) is 1.86. The Morgan fingerprint density at radius 3 is 2.44 bits per heavy atom. The second-order valence-electron chi connectivity index (χ2n) is 5.64. The molecular weight excluding hydrogens is 218 g/mol. The van der Waals surface area contributed by atoms with Crippen LogP contribution in [0, 0.1) is 5.41 Å². The van der Waals surface area contributed by atoms with Crippen LogP contribution in [0.25, 0.3) is 0 Å². The van der Waals surface area contributed by atoms with Gasteiger partial charge in [-0.05, 0) is 42.9 Å². The molecule has 0 saturated heterocycles. The fraction of sp³-hybridized carbons (Fsp3) is 0.571. The maximum Gasteiger partial charge on any atom is 0.0406 e. The number of hydrogen-bond donors (Lipinski definition) is 1. The molecule has 2 rings (SSSR count). The average Bonchev–Trinajstić information content (AvgIpc) is 2.77. The molecule has 1 aromatic rings. The summed E-state index contributed by atoms with van der Waals surface area (Å²) in [7, 11) is 0. The average molecular weight is 238 g/mol. The Hall–Kier alpha value is -0.530. The third kappa shape index (κ3) is 2.99. The predicted molar refractivity (Wildman–Crippen MR) is 69.9 cm³/mol. The summed E-state index contributed by atoms with van der Waals surface area (Å²) in [5.74, 6) is 0.